The van der Waals surface area contributed by atoms with Gasteiger partial charge in [-0.1, -0.05) is 0 Å². The fourth-order valence-electron chi connectivity index (χ4n) is 4.36. The van der Waals surface area contributed by atoms with E-state index in [-0.39, 0.29) is 17.6 Å². The Morgan fingerprint density at radius 2 is 2.24 bits per heavy atom. The van der Waals surface area contributed by atoms with E-state index in [1.165, 1.54) is 12.0 Å². The summed E-state index contributed by atoms with van der Waals surface area (Å²) in [6.07, 6.45) is 7.37. The van der Waals surface area contributed by atoms with Gasteiger partial charge in [0.25, 0.3) is 0 Å². The molecule has 25 heavy (non-hydrogen) atoms. The average Bonchev–Trinajstić information content (AvgIpc) is 3.17. The van der Waals surface area contributed by atoms with Gasteiger partial charge in [-0.15, -0.1) is 0 Å². The second-order valence-electron chi connectivity index (χ2n) is 7.75. The smallest absolute Gasteiger partial charge is 0.225 e. The molecule has 1 aliphatic carbocycles. The van der Waals surface area contributed by atoms with Gasteiger partial charge in [0.1, 0.15) is 0 Å². The molecule has 0 N–H and O–H groups in total. The molecule has 2 aliphatic heterocycles. The molecule has 4 rings (SSSR count). The second-order valence-corrected chi connectivity index (χ2v) is 7.75. The van der Waals surface area contributed by atoms with E-state index in [0.717, 1.165) is 52.2 Å². The molecular weight excluding hydrogens is 320 g/mol. The Bertz CT molecular complexity index is 579. The number of carbonyl (C=O) groups is 1. The lowest BCUT2D eigenvalue weighted by atomic mass is 9.77. The number of furan rings is 1. The first-order valence-corrected chi connectivity index (χ1v) is 9.35. The zero-order valence-corrected chi connectivity index (χ0v) is 15.0. The van der Waals surface area contributed by atoms with E-state index in [0.29, 0.717) is 12.3 Å². The summed E-state index contributed by atoms with van der Waals surface area (Å²) in [6.45, 7) is 5.02. The highest BCUT2D eigenvalue weighted by Crippen LogP contribution is 2.39. The molecule has 1 aromatic rings. The summed E-state index contributed by atoms with van der Waals surface area (Å²) in [4.78, 5) is 17.1. The number of amides is 1. The van der Waals surface area contributed by atoms with E-state index >= 15 is 0 Å². The van der Waals surface area contributed by atoms with Gasteiger partial charge in [-0.3, -0.25) is 9.69 Å². The van der Waals surface area contributed by atoms with Crippen LogP contribution in [0, 0.1) is 5.92 Å². The van der Waals surface area contributed by atoms with Gasteiger partial charge in [0.15, 0.2) is 0 Å². The van der Waals surface area contributed by atoms with Gasteiger partial charge in [-0.05, 0) is 25.3 Å². The van der Waals surface area contributed by atoms with Gasteiger partial charge in [0.05, 0.1) is 37.3 Å². The number of likely N-dealkylation sites (tertiary alicyclic amines) is 1. The minimum Gasteiger partial charge on any atom is -0.472 e. The topological polar surface area (TPSA) is 55.2 Å². The van der Waals surface area contributed by atoms with Crippen LogP contribution in [0.5, 0.6) is 0 Å². The first-order valence-electron chi connectivity index (χ1n) is 9.35. The van der Waals surface area contributed by atoms with Crippen molar-refractivity contribution in [2.24, 2.45) is 5.92 Å². The van der Waals surface area contributed by atoms with Crippen molar-refractivity contribution in [3.63, 3.8) is 0 Å². The Hall–Kier alpha value is -1.37. The Morgan fingerprint density at radius 3 is 2.92 bits per heavy atom. The summed E-state index contributed by atoms with van der Waals surface area (Å²) in [6, 6.07) is 2.01. The molecule has 0 aromatic carbocycles. The van der Waals surface area contributed by atoms with Gasteiger partial charge in [0, 0.05) is 51.3 Å². The predicted octanol–water partition coefficient (Wildman–Crippen LogP) is 1.90. The lowest BCUT2D eigenvalue weighted by Crippen LogP contribution is -2.45. The Morgan fingerprint density at radius 1 is 1.36 bits per heavy atom. The van der Waals surface area contributed by atoms with Gasteiger partial charge in [-0.2, -0.15) is 0 Å². The van der Waals surface area contributed by atoms with Crippen LogP contribution in [0.4, 0.5) is 0 Å². The van der Waals surface area contributed by atoms with Gasteiger partial charge in [0.2, 0.25) is 5.91 Å². The minimum atomic E-state index is -0.199. The van der Waals surface area contributed by atoms with Crippen LogP contribution in [-0.4, -0.2) is 67.3 Å². The van der Waals surface area contributed by atoms with Crippen molar-refractivity contribution in [1.82, 2.24) is 9.80 Å². The van der Waals surface area contributed by atoms with E-state index in [4.69, 9.17) is 13.9 Å². The highest BCUT2D eigenvalue weighted by atomic mass is 16.5. The molecule has 3 fully saturated rings. The number of hydrogen-bond donors (Lipinski definition) is 0. The van der Waals surface area contributed by atoms with Crippen LogP contribution in [-0.2, 0) is 20.8 Å². The number of nitrogens with zero attached hydrogens (tertiary/aromatic N) is 2. The summed E-state index contributed by atoms with van der Waals surface area (Å²) < 4.78 is 16.9. The summed E-state index contributed by atoms with van der Waals surface area (Å²) >= 11 is 0. The molecule has 6 heteroatoms. The number of hydrogen-bond acceptors (Lipinski definition) is 5. The zero-order valence-electron chi connectivity index (χ0n) is 15.0. The highest BCUT2D eigenvalue weighted by molar-refractivity contribution is 5.78. The maximum absolute atomic E-state index is 12.7. The van der Waals surface area contributed by atoms with Crippen molar-refractivity contribution in [3.05, 3.63) is 24.2 Å². The molecule has 3 aliphatic rings. The van der Waals surface area contributed by atoms with E-state index < -0.39 is 0 Å². The largest absolute Gasteiger partial charge is 0.472 e. The van der Waals surface area contributed by atoms with Crippen LogP contribution >= 0.6 is 0 Å². The zero-order chi connectivity index (χ0) is 17.3. The third kappa shape index (κ3) is 3.61. The summed E-state index contributed by atoms with van der Waals surface area (Å²) in [5, 5.41) is 0. The van der Waals surface area contributed by atoms with Crippen molar-refractivity contribution in [2.45, 2.75) is 43.9 Å². The molecule has 0 radical (unpaired) electrons. The van der Waals surface area contributed by atoms with E-state index in [1.807, 2.05) is 11.0 Å². The van der Waals surface area contributed by atoms with Crippen molar-refractivity contribution in [1.29, 1.82) is 0 Å². The average molecular weight is 348 g/mol. The van der Waals surface area contributed by atoms with E-state index in [1.54, 1.807) is 19.6 Å². The molecule has 0 bridgehead atoms. The number of methoxy groups -OCH3 is 1. The SMILES string of the molecule is COC1(CC(=O)N2C[C@@H]3CN(Cc4ccoc4)CCO[C@@H]3C2)CCC1. The first kappa shape index (κ1) is 17.1. The van der Waals surface area contributed by atoms with Gasteiger partial charge < -0.3 is 18.8 Å². The maximum Gasteiger partial charge on any atom is 0.225 e. The predicted molar refractivity (Wildman–Crippen MR) is 92.0 cm³/mol. The van der Waals surface area contributed by atoms with E-state index in [2.05, 4.69) is 4.90 Å². The fourth-order valence-corrected chi connectivity index (χ4v) is 4.36. The monoisotopic (exact) mass is 348 g/mol. The second kappa shape index (κ2) is 7.09. The van der Waals surface area contributed by atoms with Crippen molar-refractivity contribution >= 4 is 5.91 Å². The number of fused-ring (bicyclic) bond motifs is 1. The number of ether oxygens (including phenoxy) is 2. The molecule has 6 nitrogen and oxygen atoms in total. The quantitative estimate of drug-likeness (QED) is 0.813. The molecule has 2 atom stereocenters. The van der Waals surface area contributed by atoms with Crippen molar-refractivity contribution in [2.75, 3.05) is 39.9 Å². The molecule has 0 spiro atoms. The maximum atomic E-state index is 12.7. The van der Waals surface area contributed by atoms with Crippen molar-refractivity contribution < 1.29 is 18.7 Å². The third-order valence-electron chi connectivity index (χ3n) is 6.12. The number of carbonyl (C=O) groups excluding carboxylic acids is 1. The Labute approximate surface area is 149 Å². The fraction of sp³-hybridized carbons (Fsp3) is 0.737. The summed E-state index contributed by atoms with van der Waals surface area (Å²) in [5.74, 6) is 0.609. The number of rotatable bonds is 5. The third-order valence-corrected chi connectivity index (χ3v) is 6.12. The Balaban J connectivity index is 1.34. The lowest BCUT2D eigenvalue weighted by molar-refractivity contribution is -0.143. The standard InChI is InChI=1S/C19H28N2O4/c1-23-19(4-2-5-19)9-18(22)21-12-16-11-20(6-8-25-17(16)13-21)10-15-3-7-24-14-15/h3,7,14,16-17H,2,4-6,8-13H2,1H3/t16-,17+/m0/s1. The van der Waals surface area contributed by atoms with E-state index in [9.17, 15) is 4.79 Å². The summed E-state index contributed by atoms with van der Waals surface area (Å²) in [5.41, 5.74) is 0.993. The molecule has 0 unspecified atom stereocenters. The molecule has 138 valence electrons. The molecular formula is C19H28N2O4. The summed E-state index contributed by atoms with van der Waals surface area (Å²) in [7, 11) is 1.73. The minimum absolute atomic E-state index is 0.165. The first-order chi connectivity index (χ1) is 12.2. The van der Waals surface area contributed by atoms with Crippen molar-refractivity contribution in [3.8, 4) is 0 Å². The molecule has 1 amide bonds. The van der Waals surface area contributed by atoms with Crippen LogP contribution in [0.3, 0.4) is 0 Å². The molecule has 2 saturated heterocycles. The lowest BCUT2D eigenvalue weighted by Gasteiger charge is -2.40. The van der Waals surface area contributed by atoms with Crippen LogP contribution in [0.25, 0.3) is 0 Å². The van der Waals surface area contributed by atoms with Crippen LogP contribution < -0.4 is 0 Å². The van der Waals surface area contributed by atoms with Crippen LogP contribution in [0.2, 0.25) is 0 Å². The van der Waals surface area contributed by atoms with Crippen LogP contribution in [0.1, 0.15) is 31.2 Å². The highest BCUT2D eigenvalue weighted by Gasteiger charge is 2.43. The van der Waals surface area contributed by atoms with Gasteiger partial charge >= 0.3 is 0 Å². The molecule has 3 heterocycles. The molecule has 1 aromatic heterocycles. The molecule has 1 saturated carbocycles. The Kier molecular flexibility index (Phi) is 4.84. The normalized spacial score (nSPS) is 29.1. The van der Waals surface area contributed by atoms with Crippen LogP contribution in [0.15, 0.2) is 23.0 Å². The van der Waals surface area contributed by atoms with Gasteiger partial charge in [-0.25, -0.2) is 0 Å².